The lowest BCUT2D eigenvalue weighted by Gasteiger charge is -2.53. The zero-order valence-electron chi connectivity index (χ0n) is 14.0. The molecule has 0 aliphatic carbocycles. The molecule has 0 amide bonds. The maximum atomic E-state index is 6.10. The molecular weight excluding hydrogens is 322 g/mol. The zero-order chi connectivity index (χ0) is 16.4. The van der Waals surface area contributed by atoms with Gasteiger partial charge in [-0.1, -0.05) is 6.07 Å². The number of rotatable bonds is 5. The molecule has 2 aromatic heterocycles. The quantitative estimate of drug-likeness (QED) is 0.834. The number of aromatic nitrogens is 2. The van der Waals surface area contributed by atoms with Crippen LogP contribution < -0.4 is 0 Å². The maximum Gasteiger partial charge on any atom is 0.107 e. The molecule has 0 aromatic carbocycles. The number of likely N-dealkylation sites (tertiary alicyclic amines) is 1. The number of pyridine rings is 1. The van der Waals surface area contributed by atoms with Crippen molar-refractivity contribution in [2.24, 2.45) is 0 Å². The van der Waals surface area contributed by atoms with Gasteiger partial charge in [-0.25, -0.2) is 4.98 Å². The smallest absolute Gasteiger partial charge is 0.107 e. The molecule has 2 aliphatic rings. The van der Waals surface area contributed by atoms with Crippen LogP contribution in [0, 0.1) is 6.92 Å². The van der Waals surface area contributed by atoms with E-state index in [-0.39, 0.29) is 11.7 Å². The van der Waals surface area contributed by atoms with Gasteiger partial charge in [0.05, 0.1) is 30.6 Å². The normalized spacial score (nSPS) is 23.3. The summed E-state index contributed by atoms with van der Waals surface area (Å²) in [6.45, 7) is 6.32. The first-order valence-corrected chi connectivity index (χ1v) is 9.38. The lowest BCUT2D eigenvalue weighted by atomic mass is 9.84. The number of nitrogens with zero attached hydrogens (tertiary/aromatic N) is 3. The highest BCUT2D eigenvalue weighted by atomic mass is 32.1. The average molecular weight is 345 g/mol. The van der Waals surface area contributed by atoms with E-state index in [4.69, 9.17) is 9.47 Å². The summed E-state index contributed by atoms with van der Waals surface area (Å²) < 4.78 is 12.2. The fourth-order valence-electron chi connectivity index (χ4n) is 3.58. The third-order valence-electron chi connectivity index (χ3n) is 4.69. The van der Waals surface area contributed by atoms with Gasteiger partial charge in [0.25, 0.3) is 0 Å². The van der Waals surface area contributed by atoms with Gasteiger partial charge in [0, 0.05) is 43.4 Å². The minimum absolute atomic E-state index is 0.0145. The molecule has 4 heterocycles. The van der Waals surface area contributed by atoms with Crippen LogP contribution in [0.3, 0.4) is 0 Å². The number of hydrogen-bond donors (Lipinski definition) is 0. The van der Waals surface area contributed by atoms with Crippen molar-refractivity contribution in [3.8, 4) is 0 Å². The van der Waals surface area contributed by atoms with E-state index in [1.165, 1.54) is 5.01 Å². The summed E-state index contributed by atoms with van der Waals surface area (Å²) in [6.07, 6.45) is 4.03. The first-order valence-electron chi connectivity index (χ1n) is 8.50. The maximum absolute atomic E-state index is 6.10. The SMILES string of the molecule is Cc1csc(CN2CC3(C[C@H](OCc4ccccn4)CCO3)C2)n1. The Labute approximate surface area is 146 Å². The Morgan fingerprint density at radius 2 is 2.33 bits per heavy atom. The van der Waals surface area contributed by atoms with Gasteiger partial charge >= 0.3 is 0 Å². The van der Waals surface area contributed by atoms with Crippen LogP contribution in [0.1, 0.15) is 29.2 Å². The number of thiazole rings is 1. The Bertz CT molecular complexity index is 670. The molecule has 0 unspecified atom stereocenters. The van der Waals surface area contributed by atoms with Crippen molar-refractivity contribution in [1.29, 1.82) is 0 Å². The van der Waals surface area contributed by atoms with Gasteiger partial charge in [-0.2, -0.15) is 0 Å². The zero-order valence-corrected chi connectivity index (χ0v) is 14.8. The van der Waals surface area contributed by atoms with Crippen molar-refractivity contribution in [1.82, 2.24) is 14.9 Å². The molecule has 0 N–H and O–H groups in total. The van der Waals surface area contributed by atoms with Crippen LogP contribution >= 0.6 is 11.3 Å². The van der Waals surface area contributed by atoms with Crippen LogP contribution in [-0.4, -0.2) is 46.3 Å². The summed E-state index contributed by atoms with van der Waals surface area (Å²) in [6, 6.07) is 5.94. The Balaban J connectivity index is 1.26. The minimum atomic E-state index is -0.0145. The fraction of sp³-hybridized carbons (Fsp3) is 0.556. The Morgan fingerprint density at radius 3 is 3.08 bits per heavy atom. The second-order valence-corrected chi connectivity index (χ2v) is 7.75. The predicted octanol–water partition coefficient (Wildman–Crippen LogP) is 2.80. The summed E-state index contributed by atoms with van der Waals surface area (Å²) in [5.74, 6) is 0. The Morgan fingerprint density at radius 1 is 1.42 bits per heavy atom. The first-order chi connectivity index (χ1) is 11.7. The highest BCUT2D eigenvalue weighted by Gasteiger charge is 2.47. The van der Waals surface area contributed by atoms with E-state index >= 15 is 0 Å². The summed E-state index contributed by atoms with van der Waals surface area (Å²) in [7, 11) is 0. The highest BCUT2D eigenvalue weighted by molar-refractivity contribution is 7.09. The lowest BCUT2D eigenvalue weighted by molar-refractivity contribution is -0.200. The van der Waals surface area contributed by atoms with Gasteiger partial charge in [0.2, 0.25) is 0 Å². The molecule has 5 nitrogen and oxygen atoms in total. The summed E-state index contributed by atoms with van der Waals surface area (Å²) in [4.78, 5) is 11.3. The second-order valence-electron chi connectivity index (χ2n) is 6.81. The van der Waals surface area contributed by atoms with E-state index in [9.17, 15) is 0 Å². The molecule has 2 aliphatic heterocycles. The molecule has 128 valence electrons. The average Bonchev–Trinajstić information content (AvgIpc) is 2.98. The topological polar surface area (TPSA) is 47.5 Å². The van der Waals surface area contributed by atoms with Gasteiger partial charge < -0.3 is 9.47 Å². The van der Waals surface area contributed by atoms with Crippen LogP contribution in [0.15, 0.2) is 29.8 Å². The molecule has 0 saturated carbocycles. The molecule has 0 bridgehead atoms. The number of hydrogen-bond acceptors (Lipinski definition) is 6. The standard InChI is InChI=1S/C18H23N3O2S/c1-14-11-24-17(20-14)9-21-12-18(13-21)8-16(5-7-23-18)22-10-15-4-2-3-6-19-15/h2-4,6,11,16H,5,7-10,12-13H2,1H3/t16-/m1/s1. The molecule has 0 radical (unpaired) electrons. The van der Waals surface area contributed by atoms with Crippen molar-refractivity contribution in [3.05, 3.63) is 46.2 Å². The fourth-order valence-corrected chi connectivity index (χ4v) is 4.39. The predicted molar refractivity (Wildman–Crippen MR) is 92.9 cm³/mol. The van der Waals surface area contributed by atoms with E-state index in [0.29, 0.717) is 6.61 Å². The van der Waals surface area contributed by atoms with Gasteiger partial charge in [0.15, 0.2) is 0 Å². The summed E-state index contributed by atoms with van der Waals surface area (Å²) >= 11 is 1.74. The molecule has 2 fully saturated rings. The van der Waals surface area contributed by atoms with Gasteiger partial charge in [-0.05, 0) is 25.5 Å². The molecule has 4 rings (SSSR count). The molecule has 2 saturated heterocycles. The third kappa shape index (κ3) is 3.67. The minimum Gasteiger partial charge on any atom is -0.372 e. The summed E-state index contributed by atoms with van der Waals surface area (Å²) in [5, 5.41) is 3.31. The summed E-state index contributed by atoms with van der Waals surface area (Å²) in [5.41, 5.74) is 2.09. The molecule has 2 aromatic rings. The van der Waals surface area contributed by atoms with Crippen LogP contribution in [0.5, 0.6) is 0 Å². The Kier molecular flexibility index (Phi) is 4.63. The lowest BCUT2D eigenvalue weighted by Crippen LogP contribution is -2.65. The van der Waals surface area contributed by atoms with Crippen LogP contribution in [0.2, 0.25) is 0 Å². The van der Waals surface area contributed by atoms with Gasteiger partial charge in [0.1, 0.15) is 5.01 Å². The molecule has 6 heteroatoms. The van der Waals surface area contributed by atoms with E-state index in [1.807, 2.05) is 31.3 Å². The Hall–Kier alpha value is -1.34. The van der Waals surface area contributed by atoms with Crippen LogP contribution in [0.25, 0.3) is 0 Å². The van der Waals surface area contributed by atoms with E-state index in [2.05, 4.69) is 20.2 Å². The van der Waals surface area contributed by atoms with E-state index in [0.717, 1.165) is 50.5 Å². The third-order valence-corrected chi connectivity index (χ3v) is 5.64. The number of aryl methyl sites for hydroxylation is 1. The molecule has 1 spiro atoms. The molecule has 24 heavy (non-hydrogen) atoms. The van der Waals surface area contributed by atoms with Crippen molar-refractivity contribution in [2.45, 2.75) is 44.6 Å². The van der Waals surface area contributed by atoms with Gasteiger partial charge in [-0.3, -0.25) is 9.88 Å². The molecular formula is C18H23N3O2S. The number of ether oxygens (including phenoxy) is 2. The van der Waals surface area contributed by atoms with Crippen molar-refractivity contribution in [2.75, 3.05) is 19.7 Å². The van der Waals surface area contributed by atoms with Gasteiger partial charge in [-0.15, -0.1) is 11.3 Å². The van der Waals surface area contributed by atoms with E-state index in [1.54, 1.807) is 11.3 Å². The van der Waals surface area contributed by atoms with E-state index < -0.39 is 0 Å². The molecule has 1 atom stereocenters. The second kappa shape index (κ2) is 6.88. The van der Waals surface area contributed by atoms with Crippen molar-refractivity contribution >= 4 is 11.3 Å². The van der Waals surface area contributed by atoms with Crippen molar-refractivity contribution in [3.63, 3.8) is 0 Å². The monoisotopic (exact) mass is 345 g/mol. The first kappa shape index (κ1) is 16.1. The van der Waals surface area contributed by atoms with Crippen molar-refractivity contribution < 1.29 is 9.47 Å². The largest absolute Gasteiger partial charge is 0.372 e. The van der Waals surface area contributed by atoms with Crippen LogP contribution in [0.4, 0.5) is 0 Å². The van der Waals surface area contributed by atoms with Crippen LogP contribution in [-0.2, 0) is 22.6 Å². The highest BCUT2D eigenvalue weighted by Crippen LogP contribution is 2.36.